The Morgan fingerprint density at radius 2 is 2.00 bits per heavy atom. The van der Waals surface area contributed by atoms with Crippen LogP contribution in [0.2, 0.25) is 0 Å². The van der Waals surface area contributed by atoms with Crippen molar-refractivity contribution in [1.82, 2.24) is 0 Å². The molecule has 0 aliphatic heterocycles. The molecule has 0 atom stereocenters. The van der Waals surface area contributed by atoms with Crippen LogP contribution < -0.4 is 10.6 Å². The predicted octanol–water partition coefficient (Wildman–Crippen LogP) is 1.30. The van der Waals surface area contributed by atoms with Crippen molar-refractivity contribution < 1.29 is 9.53 Å². The number of nitriles is 2. The summed E-state index contributed by atoms with van der Waals surface area (Å²) in [5.74, 6) is -0.451. The molecule has 0 aromatic heterocycles. The largest absolute Gasteiger partial charge is 0.462 e. The Balaban J connectivity index is 3.02. The van der Waals surface area contributed by atoms with Gasteiger partial charge >= 0.3 is 5.97 Å². The van der Waals surface area contributed by atoms with Crippen LogP contribution in [0.5, 0.6) is 0 Å². The molecular formula is C13H14N4O2. The first-order valence-corrected chi connectivity index (χ1v) is 5.69. The maximum atomic E-state index is 11.5. The summed E-state index contributed by atoms with van der Waals surface area (Å²) < 4.78 is 4.87. The molecule has 1 aromatic rings. The summed E-state index contributed by atoms with van der Waals surface area (Å²) in [7, 11) is 0. The van der Waals surface area contributed by atoms with Gasteiger partial charge in [-0.25, -0.2) is 4.79 Å². The highest BCUT2D eigenvalue weighted by Crippen LogP contribution is 2.24. The van der Waals surface area contributed by atoms with Crippen LogP contribution in [0, 0.1) is 22.7 Å². The van der Waals surface area contributed by atoms with Gasteiger partial charge in [0.05, 0.1) is 35.7 Å². The second kappa shape index (κ2) is 6.87. The number of rotatable bonds is 5. The fourth-order valence-electron chi connectivity index (χ4n) is 1.58. The molecular weight excluding hydrogens is 244 g/mol. The Morgan fingerprint density at radius 3 is 2.47 bits per heavy atom. The SMILES string of the molecule is CCOC(=O)c1ccc(N(CC#N)CC#N)c(N)c1. The van der Waals surface area contributed by atoms with E-state index in [0.29, 0.717) is 16.9 Å². The van der Waals surface area contributed by atoms with Crippen LogP contribution in [0.1, 0.15) is 17.3 Å². The standard InChI is InChI=1S/C13H14N4O2/c1-2-19-13(18)10-3-4-12(11(16)9-10)17(7-5-14)8-6-15/h3-4,9H,2,7-8,16H2,1H3. The molecule has 6 nitrogen and oxygen atoms in total. The molecule has 0 amide bonds. The average molecular weight is 258 g/mol. The number of ether oxygens (including phenoxy) is 1. The van der Waals surface area contributed by atoms with Crippen LogP contribution >= 0.6 is 0 Å². The predicted molar refractivity (Wildman–Crippen MR) is 70.2 cm³/mol. The number of esters is 1. The van der Waals surface area contributed by atoms with Gasteiger partial charge in [-0.1, -0.05) is 0 Å². The minimum Gasteiger partial charge on any atom is -0.462 e. The summed E-state index contributed by atoms with van der Waals surface area (Å²) in [4.78, 5) is 13.1. The average Bonchev–Trinajstić information content (AvgIpc) is 2.39. The number of anilines is 2. The van der Waals surface area contributed by atoms with Crippen LogP contribution in [0.25, 0.3) is 0 Å². The molecule has 0 aliphatic rings. The van der Waals surface area contributed by atoms with Gasteiger partial charge in [0.25, 0.3) is 0 Å². The third kappa shape index (κ3) is 3.62. The first-order valence-electron chi connectivity index (χ1n) is 5.69. The molecule has 0 aliphatic carbocycles. The van der Waals surface area contributed by atoms with Gasteiger partial charge < -0.3 is 15.4 Å². The van der Waals surface area contributed by atoms with Gasteiger partial charge in [0, 0.05) is 0 Å². The van der Waals surface area contributed by atoms with E-state index in [1.165, 1.54) is 11.0 Å². The second-order valence-corrected chi connectivity index (χ2v) is 3.67. The lowest BCUT2D eigenvalue weighted by Crippen LogP contribution is -2.25. The summed E-state index contributed by atoms with van der Waals surface area (Å²) in [6, 6.07) is 8.58. The Kier molecular flexibility index (Phi) is 5.18. The van der Waals surface area contributed by atoms with Crippen LogP contribution in [-0.2, 0) is 4.74 Å². The minimum absolute atomic E-state index is 0.0521. The first-order chi connectivity index (χ1) is 9.13. The van der Waals surface area contributed by atoms with Crippen molar-refractivity contribution in [3.05, 3.63) is 23.8 Å². The van der Waals surface area contributed by atoms with Gasteiger partial charge in [-0.2, -0.15) is 10.5 Å². The molecule has 0 radical (unpaired) electrons. The maximum Gasteiger partial charge on any atom is 0.338 e. The molecule has 6 heteroatoms. The summed E-state index contributed by atoms with van der Waals surface area (Å²) >= 11 is 0. The number of nitrogens with two attached hydrogens (primary N) is 1. The smallest absolute Gasteiger partial charge is 0.338 e. The van der Waals surface area contributed by atoms with Gasteiger partial charge in [-0.05, 0) is 25.1 Å². The van der Waals surface area contributed by atoms with Crippen molar-refractivity contribution >= 4 is 17.3 Å². The molecule has 0 unspecified atom stereocenters. The Morgan fingerprint density at radius 1 is 1.37 bits per heavy atom. The number of nitrogen functional groups attached to an aromatic ring is 1. The topological polar surface area (TPSA) is 103 Å². The lowest BCUT2D eigenvalue weighted by molar-refractivity contribution is 0.0526. The lowest BCUT2D eigenvalue weighted by atomic mass is 10.1. The van der Waals surface area contributed by atoms with E-state index < -0.39 is 5.97 Å². The van der Waals surface area contributed by atoms with Crippen molar-refractivity contribution in [3.63, 3.8) is 0 Å². The summed E-state index contributed by atoms with van der Waals surface area (Å²) in [6.07, 6.45) is 0. The zero-order valence-corrected chi connectivity index (χ0v) is 10.6. The van der Waals surface area contributed by atoms with Gasteiger partial charge in [0.15, 0.2) is 0 Å². The van der Waals surface area contributed by atoms with Crippen molar-refractivity contribution in [2.75, 3.05) is 30.3 Å². The molecule has 98 valence electrons. The first kappa shape index (κ1) is 14.3. The van der Waals surface area contributed by atoms with Crippen LogP contribution in [0.15, 0.2) is 18.2 Å². The Labute approximate surface area is 111 Å². The zero-order chi connectivity index (χ0) is 14.3. The number of benzene rings is 1. The quantitative estimate of drug-likeness (QED) is 0.485. The maximum absolute atomic E-state index is 11.5. The molecule has 0 saturated heterocycles. The fourth-order valence-corrected chi connectivity index (χ4v) is 1.58. The van der Waals surface area contributed by atoms with Gasteiger partial charge in [0.1, 0.15) is 13.1 Å². The number of hydrogen-bond donors (Lipinski definition) is 1. The third-order valence-electron chi connectivity index (χ3n) is 2.40. The Hall–Kier alpha value is -2.73. The van der Waals surface area contributed by atoms with Crippen LogP contribution in [0.4, 0.5) is 11.4 Å². The molecule has 0 bridgehead atoms. The van der Waals surface area contributed by atoms with E-state index >= 15 is 0 Å². The molecule has 1 aromatic carbocycles. The second-order valence-electron chi connectivity index (χ2n) is 3.67. The molecule has 1 rings (SSSR count). The molecule has 0 fully saturated rings. The Bertz CT molecular complexity index is 527. The molecule has 0 saturated carbocycles. The number of carbonyl (C=O) groups is 1. The number of hydrogen-bond acceptors (Lipinski definition) is 6. The van der Waals surface area contributed by atoms with Crippen molar-refractivity contribution in [3.8, 4) is 12.1 Å². The van der Waals surface area contributed by atoms with Gasteiger partial charge in [-0.15, -0.1) is 0 Å². The van der Waals surface area contributed by atoms with Crippen molar-refractivity contribution in [1.29, 1.82) is 10.5 Å². The number of nitrogens with zero attached hydrogens (tertiary/aromatic N) is 3. The number of carbonyl (C=O) groups excluding carboxylic acids is 1. The highest BCUT2D eigenvalue weighted by atomic mass is 16.5. The molecule has 19 heavy (non-hydrogen) atoms. The van der Waals surface area contributed by atoms with E-state index in [9.17, 15) is 4.79 Å². The summed E-state index contributed by atoms with van der Waals surface area (Å²) in [5, 5.41) is 17.4. The third-order valence-corrected chi connectivity index (χ3v) is 2.40. The summed E-state index contributed by atoms with van der Waals surface area (Å²) in [6.45, 7) is 2.11. The normalized spacial score (nSPS) is 9.21. The fraction of sp³-hybridized carbons (Fsp3) is 0.308. The van der Waals surface area contributed by atoms with Crippen molar-refractivity contribution in [2.24, 2.45) is 0 Å². The highest BCUT2D eigenvalue weighted by Gasteiger charge is 2.13. The van der Waals surface area contributed by atoms with Crippen molar-refractivity contribution in [2.45, 2.75) is 6.92 Å². The molecule has 0 spiro atoms. The van der Waals surface area contributed by atoms with E-state index in [0.717, 1.165) is 0 Å². The van der Waals surface area contributed by atoms with E-state index in [4.69, 9.17) is 21.0 Å². The monoisotopic (exact) mass is 258 g/mol. The molecule has 0 heterocycles. The van der Waals surface area contributed by atoms with Crippen LogP contribution in [0.3, 0.4) is 0 Å². The molecule has 2 N–H and O–H groups in total. The van der Waals surface area contributed by atoms with Gasteiger partial charge in [-0.3, -0.25) is 0 Å². The van der Waals surface area contributed by atoms with E-state index in [-0.39, 0.29) is 19.7 Å². The van der Waals surface area contributed by atoms with Crippen LogP contribution in [-0.4, -0.2) is 25.7 Å². The minimum atomic E-state index is -0.451. The van der Waals surface area contributed by atoms with E-state index in [2.05, 4.69) is 0 Å². The van der Waals surface area contributed by atoms with Gasteiger partial charge in [0.2, 0.25) is 0 Å². The van der Waals surface area contributed by atoms with E-state index in [1.807, 2.05) is 12.1 Å². The summed E-state index contributed by atoms with van der Waals surface area (Å²) in [5.41, 5.74) is 7.07. The lowest BCUT2D eigenvalue weighted by Gasteiger charge is -2.20. The highest BCUT2D eigenvalue weighted by molar-refractivity contribution is 5.92. The zero-order valence-electron chi connectivity index (χ0n) is 10.6. The van der Waals surface area contributed by atoms with E-state index in [1.54, 1.807) is 19.1 Å².